The third-order valence-corrected chi connectivity index (χ3v) is 5.73. The first-order chi connectivity index (χ1) is 13.2. The number of fused-ring (bicyclic) bond motifs is 1. The maximum Gasteiger partial charge on any atom is 0.330 e. The van der Waals surface area contributed by atoms with Gasteiger partial charge in [-0.25, -0.2) is 9.78 Å². The van der Waals surface area contributed by atoms with Gasteiger partial charge in [-0.05, 0) is 36.8 Å². The van der Waals surface area contributed by atoms with Crippen LogP contribution in [-0.4, -0.2) is 25.8 Å². The molecule has 2 aromatic heterocycles. The minimum atomic E-state index is -0.392. The molecule has 1 aromatic carbocycles. The summed E-state index contributed by atoms with van der Waals surface area (Å²) in [6, 6.07) is 8.19. The summed E-state index contributed by atoms with van der Waals surface area (Å²) in [4.78, 5) is 37.7. The number of rotatable bonds is 5. The highest BCUT2D eigenvalue weighted by atomic mass is 32.2. The van der Waals surface area contributed by atoms with Crippen LogP contribution in [0.5, 0.6) is 0 Å². The lowest BCUT2D eigenvalue weighted by Crippen LogP contribution is -2.37. The van der Waals surface area contributed by atoms with Gasteiger partial charge in [-0.1, -0.05) is 25.0 Å². The van der Waals surface area contributed by atoms with Gasteiger partial charge in [0.05, 0.1) is 0 Å². The minimum absolute atomic E-state index is 0.0206. The first kappa shape index (κ1) is 17.8. The first-order valence-electron chi connectivity index (χ1n) is 9.04. The summed E-state index contributed by atoms with van der Waals surface area (Å²) in [6.45, 7) is 0.559. The third-order valence-electron chi connectivity index (χ3n) is 4.98. The molecule has 1 aliphatic carbocycles. The molecular weight excluding hydrogens is 362 g/mol. The fourth-order valence-corrected chi connectivity index (χ4v) is 3.93. The summed E-state index contributed by atoms with van der Waals surface area (Å²) in [5.41, 5.74) is 0.674. The Balaban J connectivity index is 1.59. The summed E-state index contributed by atoms with van der Waals surface area (Å²) in [7, 11) is 0. The van der Waals surface area contributed by atoms with Gasteiger partial charge in [0.25, 0.3) is 5.56 Å². The average molecular weight is 383 g/mol. The van der Waals surface area contributed by atoms with Crippen molar-refractivity contribution in [3.63, 3.8) is 0 Å². The molecule has 0 saturated heterocycles. The summed E-state index contributed by atoms with van der Waals surface area (Å²) in [5, 5.41) is 3.48. The van der Waals surface area contributed by atoms with Crippen molar-refractivity contribution in [2.75, 3.05) is 11.6 Å². The Hall–Kier alpha value is -2.61. The number of hydrogen-bond donors (Lipinski definition) is 2. The second-order valence-electron chi connectivity index (χ2n) is 6.70. The Morgan fingerprint density at radius 2 is 1.96 bits per heavy atom. The van der Waals surface area contributed by atoms with E-state index in [2.05, 4.69) is 32.4 Å². The molecule has 1 saturated carbocycles. The smallest absolute Gasteiger partial charge is 0.330 e. The van der Waals surface area contributed by atoms with Crippen LogP contribution < -0.4 is 16.6 Å². The molecule has 0 spiro atoms. The van der Waals surface area contributed by atoms with Gasteiger partial charge < -0.3 is 5.32 Å². The lowest BCUT2D eigenvalue weighted by atomic mass is 10.2. The van der Waals surface area contributed by atoms with Crippen LogP contribution in [0.15, 0.2) is 44.9 Å². The maximum atomic E-state index is 12.7. The molecule has 1 fully saturated rings. The van der Waals surface area contributed by atoms with Crippen LogP contribution in [0.25, 0.3) is 11.0 Å². The fourth-order valence-electron chi connectivity index (χ4n) is 3.52. The second kappa shape index (κ2) is 7.56. The predicted molar refractivity (Wildman–Crippen MR) is 107 cm³/mol. The summed E-state index contributed by atoms with van der Waals surface area (Å²) >= 11 is 1.70. The number of aromatic amines is 1. The van der Waals surface area contributed by atoms with Gasteiger partial charge in [0.1, 0.15) is 5.39 Å². The van der Waals surface area contributed by atoms with Gasteiger partial charge in [-0.15, -0.1) is 11.8 Å². The number of H-pyrrole nitrogens is 1. The molecule has 2 heterocycles. The van der Waals surface area contributed by atoms with E-state index in [1.54, 1.807) is 11.8 Å². The summed E-state index contributed by atoms with van der Waals surface area (Å²) in [6.07, 6.45) is 7.36. The molecule has 4 rings (SSSR count). The van der Waals surface area contributed by atoms with Gasteiger partial charge >= 0.3 is 5.69 Å². The number of benzene rings is 1. The quantitative estimate of drug-likeness (QED) is 0.658. The molecule has 0 radical (unpaired) electrons. The van der Waals surface area contributed by atoms with Crippen molar-refractivity contribution in [2.24, 2.45) is 0 Å². The monoisotopic (exact) mass is 383 g/mol. The van der Waals surface area contributed by atoms with Crippen molar-refractivity contribution in [1.82, 2.24) is 19.5 Å². The van der Waals surface area contributed by atoms with E-state index < -0.39 is 5.69 Å². The van der Waals surface area contributed by atoms with Crippen molar-refractivity contribution >= 4 is 28.7 Å². The van der Waals surface area contributed by atoms with Crippen molar-refractivity contribution in [3.05, 3.63) is 56.9 Å². The Labute approximate surface area is 160 Å². The molecule has 0 amide bonds. The lowest BCUT2D eigenvalue weighted by molar-refractivity contribution is 0.483. The molecule has 1 aliphatic rings. The zero-order valence-corrected chi connectivity index (χ0v) is 15.9. The van der Waals surface area contributed by atoms with Crippen LogP contribution in [0.1, 0.15) is 37.3 Å². The Kier molecular flexibility index (Phi) is 4.98. The molecular formula is C19H21N5O2S. The maximum absolute atomic E-state index is 12.7. The molecule has 27 heavy (non-hydrogen) atoms. The number of nitrogens with zero attached hydrogens (tertiary/aromatic N) is 3. The van der Waals surface area contributed by atoms with Crippen molar-refractivity contribution in [1.29, 1.82) is 0 Å². The summed E-state index contributed by atoms with van der Waals surface area (Å²) < 4.78 is 1.33. The molecule has 140 valence electrons. The van der Waals surface area contributed by atoms with E-state index in [9.17, 15) is 9.59 Å². The molecule has 8 heteroatoms. The van der Waals surface area contributed by atoms with E-state index in [1.807, 2.05) is 18.4 Å². The normalized spacial score (nSPS) is 14.7. The van der Waals surface area contributed by atoms with Crippen molar-refractivity contribution < 1.29 is 0 Å². The first-order valence-corrected chi connectivity index (χ1v) is 10.3. The van der Waals surface area contributed by atoms with Crippen molar-refractivity contribution in [2.45, 2.75) is 43.2 Å². The third kappa shape index (κ3) is 3.62. The van der Waals surface area contributed by atoms with E-state index in [1.165, 1.54) is 15.7 Å². The van der Waals surface area contributed by atoms with Crippen LogP contribution in [0, 0.1) is 0 Å². The zero-order chi connectivity index (χ0) is 18.8. The van der Waals surface area contributed by atoms with Gasteiger partial charge in [0.2, 0.25) is 5.95 Å². The number of nitrogens with one attached hydrogen (secondary N) is 2. The fraction of sp³-hybridized carbons (Fsp3) is 0.368. The van der Waals surface area contributed by atoms with E-state index >= 15 is 0 Å². The molecule has 7 nitrogen and oxygen atoms in total. The Bertz CT molecular complexity index is 1070. The highest BCUT2D eigenvalue weighted by Gasteiger charge is 2.21. The van der Waals surface area contributed by atoms with Gasteiger partial charge in [0.15, 0.2) is 5.65 Å². The number of aromatic nitrogens is 4. The highest BCUT2D eigenvalue weighted by Crippen LogP contribution is 2.27. The van der Waals surface area contributed by atoms with E-state index in [-0.39, 0.29) is 17.2 Å². The standard InChI is InChI=1S/C19H21N5O2S/c1-27-14-8-6-12(7-9-14)10-20-18-21-11-15-16(22-18)23-19(26)24(17(15)25)13-4-2-3-5-13/h6-9,11,13H,2-5,10H2,1H3,(H2,20,21,22,23,26). The lowest BCUT2D eigenvalue weighted by Gasteiger charge is -2.12. The predicted octanol–water partition coefficient (Wildman–Crippen LogP) is 2.93. The van der Waals surface area contributed by atoms with Gasteiger partial charge in [-0.3, -0.25) is 14.3 Å². The largest absolute Gasteiger partial charge is 0.350 e. The Morgan fingerprint density at radius 3 is 2.67 bits per heavy atom. The second-order valence-corrected chi connectivity index (χ2v) is 7.58. The van der Waals surface area contributed by atoms with Gasteiger partial charge in [0, 0.05) is 23.7 Å². The van der Waals surface area contributed by atoms with E-state index in [4.69, 9.17) is 0 Å². The minimum Gasteiger partial charge on any atom is -0.350 e. The SMILES string of the molecule is CSc1ccc(CNc2ncc3c(=O)n(C4CCCC4)c(=O)[nH]c3n2)cc1. The molecule has 2 N–H and O–H groups in total. The highest BCUT2D eigenvalue weighted by molar-refractivity contribution is 7.98. The molecule has 3 aromatic rings. The molecule has 0 bridgehead atoms. The van der Waals surface area contributed by atoms with E-state index in [0.717, 1.165) is 31.2 Å². The zero-order valence-electron chi connectivity index (χ0n) is 15.1. The van der Waals surface area contributed by atoms with Crippen LogP contribution in [0.3, 0.4) is 0 Å². The molecule has 0 unspecified atom stereocenters. The van der Waals surface area contributed by atoms with Crippen LogP contribution >= 0.6 is 11.8 Å². The number of thioether (sulfide) groups is 1. The average Bonchev–Trinajstić information content (AvgIpc) is 3.21. The number of hydrogen-bond acceptors (Lipinski definition) is 6. The Morgan fingerprint density at radius 1 is 1.22 bits per heavy atom. The van der Waals surface area contributed by atoms with E-state index in [0.29, 0.717) is 17.9 Å². The van der Waals surface area contributed by atoms with Crippen molar-refractivity contribution in [3.8, 4) is 0 Å². The van der Waals surface area contributed by atoms with Gasteiger partial charge in [-0.2, -0.15) is 4.98 Å². The molecule has 0 atom stereocenters. The van der Waals surface area contributed by atoms with Crippen LogP contribution in [-0.2, 0) is 6.54 Å². The van der Waals surface area contributed by atoms with Crippen LogP contribution in [0.2, 0.25) is 0 Å². The number of anilines is 1. The summed E-state index contributed by atoms with van der Waals surface area (Å²) in [5.74, 6) is 0.380. The topological polar surface area (TPSA) is 92.7 Å². The van der Waals surface area contributed by atoms with Crippen LogP contribution in [0.4, 0.5) is 5.95 Å². The molecule has 0 aliphatic heterocycles.